The van der Waals surface area contributed by atoms with Crippen LogP contribution >= 0.6 is 0 Å². The molecule has 4 aromatic rings. The second-order valence-electron chi connectivity index (χ2n) is 7.82. The molecule has 0 bridgehead atoms. The molecule has 2 aromatic heterocycles. The van der Waals surface area contributed by atoms with Crippen LogP contribution in [0, 0.1) is 5.92 Å². The Balaban J connectivity index is 1.37. The molecule has 0 unspecified atom stereocenters. The van der Waals surface area contributed by atoms with Gasteiger partial charge in [-0.1, -0.05) is 12.1 Å². The third-order valence-corrected chi connectivity index (χ3v) is 5.88. The average molecular weight is 432 g/mol. The number of aromatic nitrogens is 2. The number of piperidine rings is 1. The number of fused-ring (bicyclic) bond motifs is 3. The van der Waals surface area contributed by atoms with Crippen molar-refractivity contribution in [2.24, 2.45) is 5.92 Å². The Morgan fingerprint density at radius 1 is 1.12 bits per heavy atom. The first-order valence-electron chi connectivity index (χ1n) is 10.6. The van der Waals surface area contributed by atoms with Crippen LogP contribution in [0.4, 0.5) is 11.5 Å². The SMILES string of the molecule is COc1ccc(NC(=O)[C@@H]2CCCN(c3ncnc4c3oc3ccccc34)C2)cc1OC. The molecule has 32 heavy (non-hydrogen) atoms. The van der Waals surface area contributed by atoms with E-state index in [2.05, 4.69) is 20.2 Å². The van der Waals surface area contributed by atoms with Crippen molar-refractivity contribution < 1.29 is 18.7 Å². The van der Waals surface area contributed by atoms with Gasteiger partial charge >= 0.3 is 0 Å². The summed E-state index contributed by atoms with van der Waals surface area (Å²) in [4.78, 5) is 24.1. The van der Waals surface area contributed by atoms with Gasteiger partial charge in [0.05, 0.1) is 20.1 Å². The van der Waals surface area contributed by atoms with Crippen molar-refractivity contribution in [1.29, 1.82) is 0 Å². The number of anilines is 2. The van der Waals surface area contributed by atoms with Gasteiger partial charge in [-0.05, 0) is 37.1 Å². The number of carbonyl (C=O) groups is 1. The number of hydrogen-bond donors (Lipinski definition) is 1. The van der Waals surface area contributed by atoms with Gasteiger partial charge in [0, 0.05) is 30.2 Å². The molecule has 1 fully saturated rings. The van der Waals surface area contributed by atoms with E-state index in [1.54, 1.807) is 32.7 Å². The molecular formula is C24H24N4O4. The summed E-state index contributed by atoms with van der Waals surface area (Å²) in [6.45, 7) is 1.37. The van der Waals surface area contributed by atoms with Crippen molar-refractivity contribution in [3.63, 3.8) is 0 Å². The lowest BCUT2D eigenvalue weighted by Gasteiger charge is -2.32. The number of para-hydroxylation sites is 1. The molecule has 1 atom stereocenters. The smallest absolute Gasteiger partial charge is 0.229 e. The van der Waals surface area contributed by atoms with Crippen molar-refractivity contribution in [2.45, 2.75) is 12.8 Å². The molecule has 0 radical (unpaired) electrons. The number of ether oxygens (including phenoxy) is 2. The summed E-state index contributed by atoms with van der Waals surface area (Å²) in [6, 6.07) is 13.2. The Kier molecular flexibility index (Phi) is 5.26. The highest BCUT2D eigenvalue weighted by atomic mass is 16.5. The van der Waals surface area contributed by atoms with E-state index < -0.39 is 0 Å². The minimum atomic E-state index is -0.175. The van der Waals surface area contributed by atoms with E-state index in [1.165, 1.54) is 0 Å². The number of benzene rings is 2. The number of amides is 1. The number of methoxy groups -OCH3 is 2. The fourth-order valence-corrected chi connectivity index (χ4v) is 4.28. The van der Waals surface area contributed by atoms with Crippen LogP contribution in [0.2, 0.25) is 0 Å². The minimum absolute atomic E-state index is 0.0307. The summed E-state index contributed by atoms with van der Waals surface area (Å²) in [7, 11) is 3.15. The lowest BCUT2D eigenvalue weighted by Crippen LogP contribution is -2.41. The summed E-state index contributed by atoms with van der Waals surface area (Å²) in [5, 5.41) is 3.97. The Labute approximate surface area is 185 Å². The van der Waals surface area contributed by atoms with Crippen LogP contribution in [0.25, 0.3) is 22.1 Å². The van der Waals surface area contributed by atoms with E-state index >= 15 is 0 Å². The monoisotopic (exact) mass is 432 g/mol. The molecular weight excluding hydrogens is 408 g/mol. The van der Waals surface area contributed by atoms with Gasteiger partial charge in [0.15, 0.2) is 22.9 Å². The maximum atomic E-state index is 13.0. The van der Waals surface area contributed by atoms with E-state index in [4.69, 9.17) is 13.9 Å². The third kappa shape index (κ3) is 3.57. The highest BCUT2D eigenvalue weighted by molar-refractivity contribution is 6.05. The van der Waals surface area contributed by atoms with E-state index in [0.717, 1.165) is 41.7 Å². The molecule has 0 aliphatic carbocycles. The Morgan fingerprint density at radius 2 is 1.97 bits per heavy atom. The lowest BCUT2D eigenvalue weighted by atomic mass is 9.97. The van der Waals surface area contributed by atoms with Gasteiger partial charge in [-0.15, -0.1) is 0 Å². The van der Waals surface area contributed by atoms with Crippen molar-refractivity contribution in [3.8, 4) is 11.5 Å². The Bertz CT molecular complexity index is 1290. The fraction of sp³-hybridized carbons (Fsp3) is 0.292. The summed E-state index contributed by atoms with van der Waals surface area (Å²) >= 11 is 0. The second kappa shape index (κ2) is 8.37. The van der Waals surface area contributed by atoms with Crippen molar-refractivity contribution in [3.05, 3.63) is 48.8 Å². The number of furan rings is 1. The summed E-state index contributed by atoms with van der Waals surface area (Å²) < 4.78 is 16.7. The van der Waals surface area contributed by atoms with Crippen molar-refractivity contribution in [2.75, 3.05) is 37.5 Å². The van der Waals surface area contributed by atoms with Crippen LogP contribution in [0.15, 0.2) is 53.2 Å². The molecule has 0 spiro atoms. The molecule has 3 heterocycles. The fourth-order valence-electron chi connectivity index (χ4n) is 4.28. The third-order valence-electron chi connectivity index (χ3n) is 5.88. The first-order valence-corrected chi connectivity index (χ1v) is 10.6. The number of hydrogen-bond acceptors (Lipinski definition) is 7. The van der Waals surface area contributed by atoms with Crippen molar-refractivity contribution in [1.82, 2.24) is 9.97 Å². The van der Waals surface area contributed by atoms with Gasteiger partial charge in [0.2, 0.25) is 5.91 Å². The van der Waals surface area contributed by atoms with Gasteiger partial charge in [-0.3, -0.25) is 4.79 Å². The van der Waals surface area contributed by atoms with Crippen LogP contribution in [0.3, 0.4) is 0 Å². The number of rotatable bonds is 5. The molecule has 2 aromatic carbocycles. The zero-order valence-electron chi connectivity index (χ0n) is 18.0. The molecule has 164 valence electrons. The van der Waals surface area contributed by atoms with Gasteiger partial charge in [-0.25, -0.2) is 9.97 Å². The molecule has 8 nitrogen and oxygen atoms in total. The van der Waals surface area contributed by atoms with Gasteiger partial charge < -0.3 is 24.1 Å². The number of nitrogens with zero attached hydrogens (tertiary/aromatic N) is 3. The molecule has 5 rings (SSSR count). The topological polar surface area (TPSA) is 89.7 Å². The molecule has 0 saturated carbocycles. The van der Waals surface area contributed by atoms with Crippen LogP contribution in [0.5, 0.6) is 11.5 Å². The van der Waals surface area contributed by atoms with Crippen LogP contribution in [-0.2, 0) is 4.79 Å². The zero-order valence-corrected chi connectivity index (χ0v) is 18.0. The predicted octanol–water partition coefficient (Wildman–Crippen LogP) is 4.25. The van der Waals surface area contributed by atoms with Gasteiger partial charge in [-0.2, -0.15) is 0 Å². The van der Waals surface area contributed by atoms with E-state index in [-0.39, 0.29) is 11.8 Å². The summed E-state index contributed by atoms with van der Waals surface area (Å²) in [5.41, 5.74) is 2.91. The standard InChI is InChI=1S/C24H24N4O4/c1-30-19-10-9-16(12-20(19)31-2)27-24(29)15-6-5-11-28(13-15)23-22-21(25-14-26-23)17-7-3-4-8-18(17)32-22/h3-4,7-10,12,14-15H,5-6,11,13H2,1-2H3,(H,27,29)/t15-/m1/s1. The first kappa shape index (κ1) is 20.1. The van der Waals surface area contributed by atoms with E-state index in [0.29, 0.717) is 29.3 Å². The van der Waals surface area contributed by atoms with Gasteiger partial charge in [0.25, 0.3) is 0 Å². The Morgan fingerprint density at radius 3 is 2.81 bits per heavy atom. The number of nitrogens with one attached hydrogen (secondary N) is 1. The summed E-state index contributed by atoms with van der Waals surface area (Å²) in [6.07, 6.45) is 3.26. The minimum Gasteiger partial charge on any atom is -0.493 e. The molecule has 1 N–H and O–H groups in total. The van der Waals surface area contributed by atoms with E-state index in [1.807, 2.05) is 30.3 Å². The highest BCUT2D eigenvalue weighted by Gasteiger charge is 2.29. The summed E-state index contributed by atoms with van der Waals surface area (Å²) in [5.74, 6) is 1.72. The molecule has 8 heteroatoms. The van der Waals surface area contributed by atoms with Crippen molar-refractivity contribution >= 4 is 39.5 Å². The molecule has 1 aliphatic rings. The molecule has 1 saturated heterocycles. The lowest BCUT2D eigenvalue weighted by molar-refractivity contribution is -0.120. The maximum Gasteiger partial charge on any atom is 0.229 e. The first-order chi connectivity index (χ1) is 15.7. The van der Waals surface area contributed by atoms with Gasteiger partial charge in [0.1, 0.15) is 17.4 Å². The average Bonchev–Trinajstić information content (AvgIpc) is 3.23. The quantitative estimate of drug-likeness (QED) is 0.504. The van der Waals surface area contributed by atoms with E-state index in [9.17, 15) is 4.79 Å². The van der Waals surface area contributed by atoms with Crippen LogP contribution in [0.1, 0.15) is 12.8 Å². The largest absolute Gasteiger partial charge is 0.493 e. The maximum absolute atomic E-state index is 13.0. The molecule has 1 aliphatic heterocycles. The number of carbonyl (C=O) groups excluding carboxylic acids is 1. The van der Waals surface area contributed by atoms with Crippen LogP contribution < -0.4 is 19.7 Å². The Hall–Kier alpha value is -3.81. The second-order valence-corrected chi connectivity index (χ2v) is 7.82. The predicted molar refractivity (Wildman–Crippen MR) is 122 cm³/mol. The highest BCUT2D eigenvalue weighted by Crippen LogP contribution is 2.34. The molecule has 1 amide bonds. The normalized spacial score (nSPS) is 16.3. The zero-order chi connectivity index (χ0) is 22.1. The van der Waals surface area contributed by atoms with Crippen LogP contribution in [-0.4, -0.2) is 43.2 Å².